The first-order valence-corrected chi connectivity index (χ1v) is 6.80. The quantitative estimate of drug-likeness (QED) is 0.785. The monoisotopic (exact) mass is 294 g/mol. The highest BCUT2D eigenvalue weighted by molar-refractivity contribution is 7.80. The first-order valence-electron chi connectivity index (χ1n) is 6.40. The van der Waals surface area contributed by atoms with E-state index in [-0.39, 0.29) is 11.7 Å². The van der Waals surface area contributed by atoms with Gasteiger partial charge >= 0.3 is 5.69 Å². The maximum absolute atomic E-state index is 11.6. The van der Waals surface area contributed by atoms with Crippen LogP contribution >= 0.6 is 12.2 Å². The number of aryl methyl sites for hydroxylation is 1. The summed E-state index contributed by atoms with van der Waals surface area (Å²) in [6, 6.07) is 2.02. The summed E-state index contributed by atoms with van der Waals surface area (Å²) in [5.41, 5.74) is 5.84. The van der Waals surface area contributed by atoms with Crippen molar-refractivity contribution in [1.29, 1.82) is 0 Å². The van der Waals surface area contributed by atoms with E-state index < -0.39 is 0 Å². The van der Waals surface area contributed by atoms with E-state index in [1.54, 1.807) is 13.0 Å². The molecule has 0 aliphatic heterocycles. The molecule has 0 aromatic carbocycles. The summed E-state index contributed by atoms with van der Waals surface area (Å²) in [6.45, 7) is 6.60. The van der Waals surface area contributed by atoms with Crippen molar-refractivity contribution in [3.05, 3.63) is 22.4 Å². The van der Waals surface area contributed by atoms with E-state index in [2.05, 4.69) is 33.9 Å². The van der Waals surface area contributed by atoms with Crippen molar-refractivity contribution in [2.45, 2.75) is 33.2 Å². The number of aromatic amines is 1. The summed E-state index contributed by atoms with van der Waals surface area (Å²) in [7, 11) is 0. The van der Waals surface area contributed by atoms with Gasteiger partial charge in [-0.3, -0.25) is 0 Å². The van der Waals surface area contributed by atoms with Gasteiger partial charge in [-0.25, -0.2) is 19.3 Å². The molecule has 0 unspecified atom stereocenters. The summed E-state index contributed by atoms with van der Waals surface area (Å²) in [6.07, 6.45) is 0.618. The van der Waals surface area contributed by atoms with Gasteiger partial charge in [0.15, 0.2) is 5.65 Å². The number of fused-ring (bicyclic) bond motifs is 1. The van der Waals surface area contributed by atoms with Crippen LogP contribution in [0.3, 0.4) is 0 Å². The molecule has 8 heteroatoms. The number of anilines is 1. The molecule has 0 spiro atoms. The van der Waals surface area contributed by atoms with Crippen LogP contribution in [-0.4, -0.2) is 37.2 Å². The Hall–Kier alpha value is -1.96. The smallest absolute Gasteiger partial charge is 0.349 e. The molecule has 20 heavy (non-hydrogen) atoms. The van der Waals surface area contributed by atoms with Crippen LogP contribution in [0.15, 0.2) is 10.9 Å². The highest BCUT2D eigenvalue weighted by Crippen LogP contribution is 2.16. The molecule has 3 N–H and O–H groups in total. The Balaban J connectivity index is 2.43. The van der Waals surface area contributed by atoms with Crippen molar-refractivity contribution in [2.75, 3.05) is 11.4 Å². The molecule has 0 saturated carbocycles. The van der Waals surface area contributed by atoms with E-state index in [0.29, 0.717) is 29.4 Å². The number of H-pyrrole nitrogens is 1. The number of nitrogens with one attached hydrogen (secondary N) is 1. The molecule has 0 fully saturated rings. The molecular formula is C12H18N6OS. The summed E-state index contributed by atoms with van der Waals surface area (Å²) < 4.78 is 1.44. The second kappa shape index (κ2) is 5.58. The third-order valence-electron chi connectivity index (χ3n) is 3.07. The number of aromatic nitrogens is 4. The van der Waals surface area contributed by atoms with Crippen molar-refractivity contribution in [3.63, 3.8) is 0 Å². The van der Waals surface area contributed by atoms with Crippen LogP contribution in [-0.2, 0) is 0 Å². The Morgan fingerprint density at radius 3 is 2.90 bits per heavy atom. The van der Waals surface area contributed by atoms with E-state index >= 15 is 0 Å². The third kappa shape index (κ3) is 2.79. The van der Waals surface area contributed by atoms with Gasteiger partial charge in [0.2, 0.25) is 0 Å². The number of rotatable bonds is 5. The topological polar surface area (TPSA) is 92.3 Å². The number of nitrogens with two attached hydrogens (primary N) is 1. The predicted molar refractivity (Wildman–Crippen MR) is 82.2 cm³/mol. The van der Waals surface area contributed by atoms with Gasteiger partial charge in [0.25, 0.3) is 0 Å². The lowest BCUT2D eigenvalue weighted by Crippen LogP contribution is -2.34. The average molecular weight is 294 g/mol. The minimum Gasteiger partial charge on any atom is -0.393 e. The zero-order valence-electron chi connectivity index (χ0n) is 11.8. The standard InChI is InChI=1S/C12H18N6OS/c1-7(2)17(5-4-9(13)20)10-6-11-15-16-12(19)18(11)8(3)14-10/h6-7H,4-5H2,1-3H3,(H2,13,20)(H,16,19). The summed E-state index contributed by atoms with van der Waals surface area (Å²) in [5.74, 6) is 1.36. The Morgan fingerprint density at radius 1 is 1.60 bits per heavy atom. The SMILES string of the molecule is Cc1nc(N(CCC(N)=S)C(C)C)cc2n[nH]c(=O)n12. The van der Waals surface area contributed by atoms with E-state index in [9.17, 15) is 4.79 Å². The molecule has 0 amide bonds. The first-order chi connectivity index (χ1) is 9.40. The van der Waals surface area contributed by atoms with Crippen LogP contribution in [0, 0.1) is 6.92 Å². The molecule has 2 aromatic rings. The summed E-state index contributed by atoms with van der Waals surface area (Å²) >= 11 is 4.92. The molecule has 108 valence electrons. The molecule has 0 atom stereocenters. The molecule has 2 aromatic heterocycles. The minimum absolute atomic E-state index is 0.240. The predicted octanol–water partition coefficient (Wildman–Crippen LogP) is 0.617. The molecule has 2 rings (SSSR count). The normalized spacial score (nSPS) is 11.2. The van der Waals surface area contributed by atoms with Crippen LogP contribution in [0.2, 0.25) is 0 Å². The van der Waals surface area contributed by atoms with Crippen LogP contribution in [0.25, 0.3) is 5.65 Å². The van der Waals surface area contributed by atoms with Crippen molar-refractivity contribution in [2.24, 2.45) is 5.73 Å². The van der Waals surface area contributed by atoms with Gasteiger partial charge < -0.3 is 10.6 Å². The fraction of sp³-hybridized carbons (Fsp3) is 0.500. The third-order valence-corrected chi connectivity index (χ3v) is 3.28. The number of hydrogen-bond acceptors (Lipinski definition) is 5. The van der Waals surface area contributed by atoms with Crippen LogP contribution < -0.4 is 16.3 Å². The number of thiocarbonyl (C=S) groups is 1. The van der Waals surface area contributed by atoms with Crippen LogP contribution in [0.5, 0.6) is 0 Å². The van der Waals surface area contributed by atoms with E-state index in [0.717, 1.165) is 5.82 Å². The summed E-state index contributed by atoms with van der Waals surface area (Å²) in [4.78, 5) is 18.6. The van der Waals surface area contributed by atoms with Gasteiger partial charge in [0.1, 0.15) is 11.6 Å². The Morgan fingerprint density at radius 2 is 2.30 bits per heavy atom. The van der Waals surface area contributed by atoms with Gasteiger partial charge in [0, 0.05) is 25.1 Å². The second-order valence-electron chi connectivity index (χ2n) is 4.89. The highest BCUT2D eigenvalue weighted by Gasteiger charge is 2.15. The maximum Gasteiger partial charge on any atom is 0.349 e. The Kier molecular flexibility index (Phi) is 4.03. The Labute approximate surface area is 121 Å². The molecule has 0 saturated heterocycles. The van der Waals surface area contributed by atoms with E-state index in [4.69, 9.17) is 18.0 Å². The van der Waals surface area contributed by atoms with Gasteiger partial charge in [-0.15, -0.1) is 0 Å². The second-order valence-corrected chi connectivity index (χ2v) is 5.41. The molecule has 0 aliphatic rings. The fourth-order valence-corrected chi connectivity index (χ4v) is 2.19. The van der Waals surface area contributed by atoms with Crippen LogP contribution in [0.1, 0.15) is 26.1 Å². The Bertz CT molecular complexity index is 689. The number of hydrogen-bond donors (Lipinski definition) is 2. The lowest BCUT2D eigenvalue weighted by Gasteiger charge is -2.28. The van der Waals surface area contributed by atoms with Crippen molar-refractivity contribution >= 4 is 28.7 Å². The highest BCUT2D eigenvalue weighted by atomic mass is 32.1. The van der Waals surface area contributed by atoms with E-state index in [1.165, 1.54) is 4.40 Å². The lowest BCUT2D eigenvalue weighted by atomic mass is 10.2. The van der Waals surface area contributed by atoms with Crippen molar-refractivity contribution in [1.82, 2.24) is 19.6 Å². The molecule has 0 bridgehead atoms. The largest absolute Gasteiger partial charge is 0.393 e. The van der Waals surface area contributed by atoms with Gasteiger partial charge in [-0.05, 0) is 20.8 Å². The summed E-state index contributed by atoms with van der Waals surface area (Å²) in [5, 5.41) is 6.41. The molecule has 0 radical (unpaired) electrons. The zero-order valence-corrected chi connectivity index (χ0v) is 12.6. The van der Waals surface area contributed by atoms with Crippen LogP contribution in [0.4, 0.5) is 5.82 Å². The van der Waals surface area contributed by atoms with Gasteiger partial charge in [0.05, 0.1) is 4.99 Å². The minimum atomic E-state index is -0.282. The van der Waals surface area contributed by atoms with Gasteiger partial charge in [-0.2, -0.15) is 5.10 Å². The first kappa shape index (κ1) is 14.4. The van der Waals surface area contributed by atoms with E-state index in [1.807, 2.05) is 0 Å². The number of nitrogens with zero attached hydrogens (tertiary/aromatic N) is 4. The molecule has 0 aliphatic carbocycles. The average Bonchev–Trinajstić information content (AvgIpc) is 2.71. The fourth-order valence-electron chi connectivity index (χ4n) is 2.10. The zero-order chi connectivity index (χ0) is 14.9. The maximum atomic E-state index is 11.6. The van der Waals surface area contributed by atoms with Crippen molar-refractivity contribution in [3.8, 4) is 0 Å². The molecule has 7 nitrogen and oxygen atoms in total. The van der Waals surface area contributed by atoms with Gasteiger partial charge in [-0.1, -0.05) is 12.2 Å². The van der Waals surface area contributed by atoms with Crippen molar-refractivity contribution < 1.29 is 0 Å². The lowest BCUT2D eigenvalue weighted by molar-refractivity contribution is 0.677. The molecular weight excluding hydrogens is 276 g/mol. The molecule has 2 heterocycles.